The summed E-state index contributed by atoms with van der Waals surface area (Å²) in [5.41, 5.74) is 0.744. The summed E-state index contributed by atoms with van der Waals surface area (Å²) in [5.74, 6) is -2.61. The first-order chi connectivity index (χ1) is 14.8. The Bertz CT molecular complexity index is 914. The van der Waals surface area contributed by atoms with Crippen LogP contribution in [0.4, 0.5) is 5.69 Å². The number of likely N-dealkylation sites (tertiary alicyclic amines) is 1. The molecule has 0 spiro atoms. The van der Waals surface area contributed by atoms with Gasteiger partial charge in [-0.1, -0.05) is 0 Å². The number of rotatable bonds is 6. The van der Waals surface area contributed by atoms with Crippen molar-refractivity contribution in [2.45, 2.75) is 32.2 Å². The van der Waals surface area contributed by atoms with Crippen LogP contribution < -0.4 is 5.32 Å². The Balaban J connectivity index is 1.30. The normalized spacial score (nSPS) is 27.1. The van der Waals surface area contributed by atoms with Crippen LogP contribution in [0.3, 0.4) is 0 Å². The average molecular weight is 428 g/mol. The Morgan fingerprint density at radius 2 is 1.65 bits per heavy atom. The average Bonchev–Trinajstić information content (AvgIpc) is 3.45. The first-order valence-corrected chi connectivity index (χ1v) is 10.3. The Morgan fingerprint density at radius 3 is 2.19 bits per heavy atom. The number of anilines is 1. The van der Waals surface area contributed by atoms with E-state index >= 15 is 0 Å². The number of esters is 2. The van der Waals surface area contributed by atoms with Crippen molar-refractivity contribution in [3.8, 4) is 0 Å². The first-order valence-electron chi connectivity index (χ1n) is 10.3. The van der Waals surface area contributed by atoms with Crippen molar-refractivity contribution >= 4 is 35.3 Å². The molecule has 2 bridgehead atoms. The monoisotopic (exact) mass is 428 g/mol. The van der Waals surface area contributed by atoms with Crippen LogP contribution in [-0.2, 0) is 28.7 Å². The van der Waals surface area contributed by atoms with Crippen molar-refractivity contribution in [3.05, 3.63) is 29.8 Å². The lowest BCUT2D eigenvalue weighted by atomic mass is 9.81. The van der Waals surface area contributed by atoms with Crippen LogP contribution in [0.15, 0.2) is 24.3 Å². The number of nitrogens with zero attached hydrogens (tertiary/aromatic N) is 1. The van der Waals surface area contributed by atoms with Gasteiger partial charge in [0, 0.05) is 5.69 Å². The standard InChI is InChI=1S/C22H24N2O7/c1-11(24-19(26)17-13-3-4-14(9-13)18(17)20(24)27)21(28)31-10-16(25)23-15-7-5-12(6-8-15)22(29)30-2/h5-8,11,13-14,17-18H,3-4,9-10H2,1-2H3,(H,23,25)/t11-,13+,14+,17-,18+/m1/s1. The lowest BCUT2D eigenvalue weighted by Crippen LogP contribution is -2.45. The number of hydrogen-bond acceptors (Lipinski definition) is 7. The van der Waals surface area contributed by atoms with Crippen LogP contribution in [0, 0.1) is 23.7 Å². The molecule has 1 aliphatic heterocycles. The van der Waals surface area contributed by atoms with E-state index in [-0.39, 0.29) is 35.5 Å². The zero-order valence-electron chi connectivity index (χ0n) is 17.3. The Labute approximate surface area is 179 Å². The maximum Gasteiger partial charge on any atom is 0.337 e. The van der Waals surface area contributed by atoms with Gasteiger partial charge >= 0.3 is 11.9 Å². The molecule has 3 amide bonds. The van der Waals surface area contributed by atoms with Gasteiger partial charge in [0.2, 0.25) is 11.8 Å². The smallest absolute Gasteiger partial charge is 0.337 e. The number of fused-ring (bicyclic) bond motifs is 5. The number of nitrogens with one attached hydrogen (secondary N) is 1. The molecule has 3 fully saturated rings. The number of amides is 3. The van der Waals surface area contributed by atoms with E-state index in [1.54, 1.807) is 0 Å². The summed E-state index contributed by atoms with van der Waals surface area (Å²) in [6.07, 6.45) is 2.83. The van der Waals surface area contributed by atoms with Crippen molar-refractivity contribution in [2.24, 2.45) is 23.7 Å². The van der Waals surface area contributed by atoms with E-state index in [1.807, 2.05) is 0 Å². The fraction of sp³-hybridized carbons (Fsp3) is 0.500. The minimum Gasteiger partial charge on any atom is -0.465 e. The lowest BCUT2D eigenvalue weighted by Gasteiger charge is -2.23. The van der Waals surface area contributed by atoms with Gasteiger partial charge in [-0.15, -0.1) is 0 Å². The number of ether oxygens (including phenoxy) is 2. The third-order valence-corrected chi connectivity index (χ3v) is 6.63. The molecule has 164 valence electrons. The molecule has 0 unspecified atom stereocenters. The molecule has 9 heteroatoms. The van der Waals surface area contributed by atoms with Gasteiger partial charge in [-0.2, -0.15) is 0 Å². The second-order valence-electron chi connectivity index (χ2n) is 8.33. The molecule has 2 aliphatic carbocycles. The molecule has 1 N–H and O–H groups in total. The van der Waals surface area contributed by atoms with Crippen LogP contribution in [0.5, 0.6) is 0 Å². The highest BCUT2D eigenvalue weighted by molar-refractivity contribution is 6.08. The molecule has 9 nitrogen and oxygen atoms in total. The van der Waals surface area contributed by atoms with E-state index in [4.69, 9.17) is 4.74 Å². The topological polar surface area (TPSA) is 119 Å². The zero-order valence-corrected chi connectivity index (χ0v) is 17.3. The third kappa shape index (κ3) is 3.68. The summed E-state index contributed by atoms with van der Waals surface area (Å²) >= 11 is 0. The summed E-state index contributed by atoms with van der Waals surface area (Å²) in [5, 5.41) is 2.54. The number of methoxy groups -OCH3 is 1. The second-order valence-corrected chi connectivity index (χ2v) is 8.33. The van der Waals surface area contributed by atoms with E-state index < -0.39 is 30.5 Å². The SMILES string of the molecule is COC(=O)c1ccc(NC(=O)COC(=O)[C@@H](C)N2C(=O)[C@@H]3[C@H]4CC[C@@H](C4)[C@@H]3C2=O)cc1. The second kappa shape index (κ2) is 8.13. The molecule has 1 aromatic rings. The van der Waals surface area contributed by atoms with Crippen molar-refractivity contribution in [1.29, 1.82) is 0 Å². The zero-order chi connectivity index (χ0) is 22.3. The highest BCUT2D eigenvalue weighted by atomic mass is 16.5. The molecule has 0 radical (unpaired) electrons. The summed E-state index contributed by atoms with van der Waals surface area (Å²) in [4.78, 5) is 62.6. The van der Waals surface area contributed by atoms with Crippen LogP contribution in [-0.4, -0.2) is 54.3 Å². The molecule has 1 aromatic carbocycles. The summed E-state index contributed by atoms with van der Waals surface area (Å²) in [7, 11) is 1.27. The van der Waals surface area contributed by atoms with Crippen LogP contribution >= 0.6 is 0 Å². The molecule has 0 aromatic heterocycles. The van der Waals surface area contributed by atoms with Crippen molar-refractivity contribution in [1.82, 2.24) is 4.90 Å². The van der Waals surface area contributed by atoms with E-state index in [2.05, 4.69) is 10.1 Å². The molecule has 2 saturated carbocycles. The molecule has 5 atom stereocenters. The molecule has 31 heavy (non-hydrogen) atoms. The quantitative estimate of drug-likeness (QED) is 0.537. The van der Waals surface area contributed by atoms with Crippen LogP contribution in [0.25, 0.3) is 0 Å². The predicted molar refractivity (Wildman–Crippen MR) is 106 cm³/mol. The van der Waals surface area contributed by atoms with Gasteiger partial charge in [-0.3, -0.25) is 19.3 Å². The van der Waals surface area contributed by atoms with E-state index in [1.165, 1.54) is 38.3 Å². The summed E-state index contributed by atoms with van der Waals surface area (Å²) in [6, 6.07) is 4.94. The molecule has 1 heterocycles. The Kier molecular flexibility index (Phi) is 5.51. The molecule has 3 aliphatic rings. The summed E-state index contributed by atoms with van der Waals surface area (Å²) < 4.78 is 9.65. The van der Waals surface area contributed by atoms with Crippen molar-refractivity contribution in [3.63, 3.8) is 0 Å². The fourth-order valence-corrected chi connectivity index (χ4v) is 5.18. The minimum atomic E-state index is -1.07. The number of imide groups is 1. The molecule has 4 rings (SSSR count). The largest absolute Gasteiger partial charge is 0.465 e. The fourth-order valence-electron chi connectivity index (χ4n) is 5.18. The van der Waals surface area contributed by atoms with E-state index in [0.717, 1.165) is 24.2 Å². The Hall–Kier alpha value is -3.23. The Morgan fingerprint density at radius 1 is 1.06 bits per heavy atom. The number of carbonyl (C=O) groups is 5. The van der Waals surface area contributed by atoms with Gasteiger partial charge in [-0.05, 0) is 62.3 Å². The van der Waals surface area contributed by atoms with Gasteiger partial charge < -0.3 is 14.8 Å². The number of carbonyl (C=O) groups excluding carboxylic acids is 5. The maximum absolute atomic E-state index is 12.8. The number of benzene rings is 1. The van der Waals surface area contributed by atoms with E-state index in [0.29, 0.717) is 11.3 Å². The third-order valence-electron chi connectivity index (χ3n) is 6.63. The first kappa shape index (κ1) is 21.0. The highest BCUT2D eigenvalue weighted by Crippen LogP contribution is 2.56. The number of hydrogen-bond donors (Lipinski definition) is 1. The summed E-state index contributed by atoms with van der Waals surface area (Å²) in [6.45, 7) is 0.890. The van der Waals surface area contributed by atoms with Gasteiger partial charge in [0.05, 0.1) is 24.5 Å². The van der Waals surface area contributed by atoms with Crippen molar-refractivity contribution in [2.75, 3.05) is 19.0 Å². The lowest BCUT2D eigenvalue weighted by molar-refractivity contribution is -0.159. The van der Waals surface area contributed by atoms with Crippen LogP contribution in [0.1, 0.15) is 36.5 Å². The predicted octanol–water partition coefficient (Wildman–Crippen LogP) is 1.37. The molecular weight excluding hydrogens is 404 g/mol. The molecule has 1 saturated heterocycles. The maximum atomic E-state index is 12.8. The van der Waals surface area contributed by atoms with Gasteiger partial charge in [0.15, 0.2) is 6.61 Å². The minimum absolute atomic E-state index is 0.232. The van der Waals surface area contributed by atoms with E-state index in [9.17, 15) is 24.0 Å². The van der Waals surface area contributed by atoms with Gasteiger partial charge in [-0.25, -0.2) is 9.59 Å². The molecular formula is C22H24N2O7. The van der Waals surface area contributed by atoms with Crippen LogP contribution in [0.2, 0.25) is 0 Å². The van der Waals surface area contributed by atoms with Gasteiger partial charge in [0.25, 0.3) is 5.91 Å². The van der Waals surface area contributed by atoms with Gasteiger partial charge in [0.1, 0.15) is 6.04 Å². The van der Waals surface area contributed by atoms with Crippen molar-refractivity contribution < 1.29 is 33.4 Å². The highest BCUT2D eigenvalue weighted by Gasteiger charge is 2.62.